The summed E-state index contributed by atoms with van der Waals surface area (Å²) in [5.74, 6) is -0.0679. The minimum absolute atomic E-state index is 0.0855. The van der Waals surface area contributed by atoms with Crippen molar-refractivity contribution < 1.29 is 14.3 Å². The van der Waals surface area contributed by atoms with E-state index in [-0.39, 0.29) is 29.0 Å². The number of nitrogens with zero attached hydrogens (tertiary/aromatic N) is 3. The minimum atomic E-state index is -0.443. The summed E-state index contributed by atoms with van der Waals surface area (Å²) in [4.78, 5) is 40.3. The Morgan fingerprint density at radius 2 is 1.91 bits per heavy atom. The predicted molar refractivity (Wildman–Crippen MR) is 126 cm³/mol. The molecule has 2 saturated heterocycles. The number of halogens is 2. The molecule has 2 aliphatic heterocycles. The molecule has 2 aliphatic rings. The van der Waals surface area contributed by atoms with E-state index in [9.17, 15) is 14.4 Å². The fourth-order valence-corrected chi connectivity index (χ4v) is 4.60. The van der Waals surface area contributed by atoms with Crippen molar-refractivity contribution in [1.82, 2.24) is 15.1 Å². The van der Waals surface area contributed by atoms with Gasteiger partial charge in [0.15, 0.2) is 0 Å². The molecule has 0 unspecified atom stereocenters. The van der Waals surface area contributed by atoms with Crippen molar-refractivity contribution in [3.05, 3.63) is 50.9 Å². The van der Waals surface area contributed by atoms with Crippen LogP contribution in [0.3, 0.4) is 0 Å². The number of H-pyrrole nitrogens is 1. The van der Waals surface area contributed by atoms with Crippen LogP contribution < -0.4 is 15.8 Å². The Hall–Kier alpha value is -2.78. The zero-order chi connectivity index (χ0) is 23.4. The van der Waals surface area contributed by atoms with Gasteiger partial charge in [0.25, 0.3) is 5.56 Å². The number of aromatic amines is 1. The summed E-state index contributed by atoms with van der Waals surface area (Å²) in [6.07, 6.45) is 3.70. The van der Waals surface area contributed by atoms with Crippen molar-refractivity contribution in [2.24, 2.45) is 5.92 Å². The molecule has 176 valence electrons. The lowest BCUT2D eigenvalue weighted by Crippen LogP contribution is -2.41. The van der Waals surface area contributed by atoms with Crippen LogP contribution in [0.1, 0.15) is 25.7 Å². The Balaban J connectivity index is 1.20. The Morgan fingerprint density at radius 3 is 2.67 bits per heavy atom. The monoisotopic (exact) mass is 493 g/mol. The number of aromatic nitrogens is 2. The van der Waals surface area contributed by atoms with Crippen LogP contribution in [0.5, 0.6) is 0 Å². The maximum atomic E-state index is 12.5. The van der Waals surface area contributed by atoms with E-state index >= 15 is 0 Å². The number of esters is 1. The number of carbonyl (C=O) groups excluding carboxylic acids is 2. The zero-order valence-corrected chi connectivity index (χ0v) is 19.4. The van der Waals surface area contributed by atoms with Gasteiger partial charge in [-0.25, -0.2) is 9.89 Å². The molecule has 1 aromatic carbocycles. The SMILES string of the molecule is O=C(CC1CCN(C(=O)Nc2ccccc2Cl)CC1)O[C@@H]1CCN(c2cn[nH]c(=O)c2Cl)C1. The van der Waals surface area contributed by atoms with Crippen molar-refractivity contribution in [1.29, 1.82) is 0 Å². The highest BCUT2D eigenvalue weighted by Crippen LogP contribution is 2.27. The molecular weight excluding hydrogens is 469 g/mol. The van der Waals surface area contributed by atoms with E-state index < -0.39 is 5.56 Å². The average molecular weight is 494 g/mol. The standard InChI is InChI=1S/C22H25Cl2N5O4/c23-16-3-1-2-4-17(16)26-22(32)28-8-5-14(6-9-28)11-19(30)33-15-7-10-29(13-15)18-12-25-27-21(31)20(18)24/h1-4,12,14-15H,5-11,13H2,(H,26,32)(H,27,31)/t15-/m1/s1. The third-order valence-electron chi connectivity index (χ3n) is 6.03. The van der Waals surface area contributed by atoms with Gasteiger partial charge in [-0.2, -0.15) is 5.10 Å². The van der Waals surface area contributed by atoms with Crippen LogP contribution in [0, 0.1) is 5.92 Å². The number of ether oxygens (including phenoxy) is 1. The normalized spacial score (nSPS) is 18.9. The molecule has 4 rings (SSSR count). The quantitative estimate of drug-likeness (QED) is 0.616. The molecule has 0 bridgehead atoms. The molecule has 3 heterocycles. The molecule has 2 fully saturated rings. The van der Waals surface area contributed by atoms with Gasteiger partial charge in [0.1, 0.15) is 11.1 Å². The third-order valence-corrected chi connectivity index (χ3v) is 6.73. The van der Waals surface area contributed by atoms with E-state index in [1.165, 1.54) is 6.20 Å². The van der Waals surface area contributed by atoms with Crippen molar-refractivity contribution in [2.75, 3.05) is 36.4 Å². The van der Waals surface area contributed by atoms with E-state index in [0.717, 1.165) is 12.8 Å². The maximum absolute atomic E-state index is 12.5. The molecule has 2 N–H and O–H groups in total. The van der Waals surface area contributed by atoms with Crippen LogP contribution in [0.4, 0.5) is 16.2 Å². The summed E-state index contributed by atoms with van der Waals surface area (Å²) < 4.78 is 5.66. The summed E-state index contributed by atoms with van der Waals surface area (Å²) in [6.45, 7) is 2.23. The summed E-state index contributed by atoms with van der Waals surface area (Å²) in [5.41, 5.74) is 0.681. The van der Waals surface area contributed by atoms with Gasteiger partial charge < -0.3 is 19.9 Å². The number of carbonyl (C=O) groups is 2. The van der Waals surface area contributed by atoms with Crippen LogP contribution in [0.2, 0.25) is 10.0 Å². The van der Waals surface area contributed by atoms with Gasteiger partial charge in [-0.1, -0.05) is 35.3 Å². The molecule has 1 aromatic heterocycles. The number of nitrogens with one attached hydrogen (secondary N) is 2. The first-order valence-electron chi connectivity index (χ1n) is 10.9. The van der Waals surface area contributed by atoms with E-state index in [4.69, 9.17) is 27.9 Å². The Labute approximate surface area is 201 Å². The molecule has 0 aliphatic carbocycles. The molecule has 11 heteroatoms. The van der Waals surface area contributed by atoms with Gasteiger partial charge in [-0.15, -0.1) is 0 Å². The number of amides is 2. The van der Waals surface area contributed by atoms with Gasteiger partial charge >= 0.3 is 12.0 Å². The first kappa shape index (κ1) is 23.4. The fraction of sp³-hybridized carbons (Fsp3) is 0.455. The van der Waals surface area contributed by atoms with Gasteiger partial charge in [-0.3, -0.25) is 9.59 Å². The lowest BCUT2D eigenvalue weighted by Gasteiger charge is -2.31. The third kappa shape index (κ3) is 5.78. The van der Waals surface area contributed by atoms with Crippen LogP contribution in [0.15, 0.2) is 35.3 Å². The van der Waals surface area contributed by atoms with E-state index in [0.29, 0.717) is 55.4 Å². The second-order valence-electron chi connectivity index (χ2n) is 8.29. The Kier molecular flexibility index (Phi) is 7.39. The molecule has 0 radical (unpaired) electrons. The Bertz CT molecular complexity index is 1070. The smallest absolute Gasteiger partial charge is 0.321 e. The van der Waals surface area contributed by atoms with E-state index in [1.54, 1.807) is 23.1 Å². The van der Waals surface area contributed by atoms with Crippen LogP contribution >= 0.6 is 23.2 Å². The van der Waals surface area contributed by atoms with Crippen LogP contribution in [-0.2, 0) is 9.53 Å². The van der Waals surface area contributed by atoms with Crippen molar-refractivity contribution in [2.45, 2.75) is 31.8 Å². The number of urea groups is 1. The second kappa shape index (κ2) is 10.4. The molecule has 0 saturated carbocycles. The summed E-state index contributed by atoms with van der Waals surface area (Å²) in [5, 5.41) is 9.49. The lowest BCUT2D eigenvalue weighted by molar-refractivity contribution is -0.149. The number of piperidine rings is 1. The maximum Gasteiger partial charge on any atom is 0.321 e. The summed E-state index contributed by atoms with van der Waals surface area (Å²) in [6, 6.07) is 6.91. The van der Waals surface area contributed by atoms with Crippen molar-refractivity contribution in [3.8, 4) is 0 Å². The molecule has 9 nitrogen and oxygen atoms in total. The van der Waals surface area contributed by atoms with Crippen molar-refractivity contribution >= 4 is 46.6 Å². The molecule has 33 heavy (non-hydrogen) atoms. The van der Waals surface area contributed by atoms with Gasteiger partial charge in [0.05, 0.1) is 29.1 Å². The average Bonchev–Trinajstić information content (AvgIpc) is 3.25. The number of hydrogen-bond donors (Lipinski definition) is 2. The highest BCUT2D eigenvalue weighted by Gasteiger charge is 2.30. The minimum Gasteiger partial charge on any atom is -0.460 e. The lowest BCUT2D eigenvalue weighted by atomic mass is 9.94. The highest BCUT2D eigenvalue weighted by atomic mass is 35.5. The second-order valence-corrected chi connectivity index (χ2v) is 9.07. The van der Waals surface area contributed by atoms with Gasteiger partial charge in [-0.05, 0) is 30.9 Å². The first-order chi connectivity index (χ1) is 15.9. The number of anilines is 2. The number of likely N-dealkylation sites (tertiary alicyclic amines) is 1. The molecular formula is C22H25Cl2N5O4. The topological polar surface area (TPSA) is 108 Å². The van der Waals surface area contributed by atoms with E-state index in [1.807, 2.05) is 11.0 Å². The highest BCUT2D eigenvalue weighted by molar-refractivity contribution is 6.33. The first-order valence-corrected chi connectivity index (χ1v) is 11.6. The Morgan fingerprint density at radius 1 is 1.15 bits per heavy atom. The predicted octanol–water partition coefficient (Wildman–Crippen LogP) is 3.53. The largest absolute Gasteiger partial charge is 0.460 e. The van der Waals surface area contributed by atoms with Gasteiger partial charge in [0.2, 0.25) is 0 Å². The number of rotatable bonds is 5. The molecule has 2 amide bonds. The number of para-hydroxylation sites is 1. The van der Waals surface area contributed by atoms with Gasteiger partial charge in [0, 0.05) is 32.5 Å². The summed E-state index contributed by atoms with van der Waals surface area (Å²) >= 11 is 12.2. The molecule has 1 atom stereocenters. The van der Waals surface area contributed by atoms with E-state index in [2.05, 4.69) is 15.5 Å². The van der Waals surface area contributed by atoms with Crippen molar-refractivity contribution in [3.63, 3.8) is 0 Å². The van der Waals surface area contributed by atoms with Crippen LogP contribution in [0.25, 0.3) is 0 Å². The molecule has 2 aromatic rings. The fourth-order valence-electron chi connectivity index (χ4n) is 4.20. The molecule has 0 spiro atoms. The summed E-state index contributed by atoms with van der Waals surface area (Å²) in [7, 11) is 0. The number of hydrogen-bond acceptors (Lipinski definition) is 6. The zero-order valence-electron chi connectivity index (χ0n) is 17.9. The number of benzene rings is 1. The van der Waals surface area contributed by atoms with Crippen LogP contribution in [-0.4, -0.2) is 59.4 Å².